The van der Waals surface area contributed by atoms with Crippen LogP contribution in [0.5, 0.6) is 0 Å². The number of likely N-dealkylation sites (tertiary alicyclic amines) is 1. The molecule has 0 spiro atoms. The number of likely N-dealkylation sites (N-methyl/N-ethyl adjacent to an activating group) is 1. The van der Waals surface area contributed by atoms with Gasteiger partial charge in [0, 0.05) is 20.1 Å². The van der Waals surface area contributed by atoms with Gasteiger partial charge in [-0.1, -0.05) is 66.0 Å². The van der Waals surface area contributed by atoms with E-state index in [0.717, 1.165) is 29.8 Å². The molecular formula is C30H50N6O7S. The summed E-state index contributed by atoms with van der Waals surface area (Å²) in [5.74, 6) is -2.83. The molecule has 2 saturated carbocycles. The van der Waals surface area contributed by atoms with Crippen LogP contribution in [0.2, 0.25) is 0 Å². The molecule has 5 amide bonds. The van der Waals surface area contributed by atoms with E-state index in [1.54, 1.807) is 27.7 Å². The first-order valence-corrected chi connectivity index (χ1v) is 17.0. The Labute approximate surface area is 261 Å². The first-order chi connectivity index (χ1) is 20.1. The molecule has 1 unspecified atom stereocenters. The molecule has 0 radical (unpaired) electrons. The van der Waals surface area contributed by atoms with Gasteiger partial charge in [0.15, 0.2) is 0 Å². The number of Topliss-reactive ketones (excluding diaryl/α,β-unsaturated/α-hetero) is 1. The number of nitrogens with two attached hydrogens (primary N) is 1. The van der Waals surface area contributed by atoms with E-state index >= 15 is 0 Å². The van der Waals surface area contributed by atoms with Crippen LogP contribution in [0.1, 0.15) is 67.2 Å². The fourth-order valence-electron chi connectivity index (χ4n) is 6.40. The Morgan fingerprint density at radius 2 is 1.66 bits per heavy atom. The van der Waals surface area contributed by atoms with E-state index in [9.17, 15) is 32.4 Å². The second-order valence-corrected chi connectivity index (χ2v) is 16.7. The molecule has 0 aromatic rings. The summed E-state index contributed by atoms with van der Waals surface area (Å²) in [6.07, 6.45) is 4.21. The predicted molar refractivity (Wildman–Crippen MR) is 165 cm³/mol. The van der Waals surface area contributed by atoms with Crippen LogP contribution in [0, 0.1) is 28.6 Å². The maximum atomic E-state index is 14.2. The number of amides is 5. The van der Waals surface area contributed by atoms with Crippen LogP contribution in [0.4, 0.5) is 4.79 Å². The summed E-state index contributed by atoms with van der Waals surface area (Å²) in [5.41, 5.74) is 4.85. The lowest BCUT2D eigenvalue weighted by Crippen LogP contribution is -2.62. The highest BCUT2D eigenvalue weighted by atomic mass is 32.2. The first-order valence-electron chi connectivity index (χ1n) is 15.2. The van der Waals surface area contributed by atoms with Crippen molar-refractivity contribution in [3.8, 4) is 0 Å². The minimum atomic E-state index is -3.51. The second-order valence-electron chi connectivity index (χ2n) is 14.6. The number of sulfonamides is 1. The van der Waals surface area contributed by atoms with E-state index in [1.807, 2.05) is 13.8 Å². The van der Waals surface area contributed by atoms with Crippen molar-refractivity contribution in [1.29, 1.82) is 0 Å². The summed E-state index contributed by atoms with van der Waals surface area (Å²) >= 11 is 0. The third-order valence-electron chi connectivity index (χ3n) is 9.72. The molecule has 13 nitrogen and oxygen atoms in total. The van der Waals surface area contributed by atoms with Crippen LogP contribution in [0.15, 0.2) is 12.2 Å². The van der Waals surface area contributed by atoms with Gasteiger partial charge >= 0.3 is 6.03 Å². The molecule has 0 bridgehead atoms. The number of fused-ring (bicyclic) bond motifs is 1. The van der Waals surface area contributed by atoms with Gasteiger partial charge in [-0.3, -0.25) is 19.2 Å². The van der Waals surface area contributed by atoms with E-state index in [0.29, 0.717) is 18.5 Å². The molecule has 0 aromatic carbocycles. The van der Waals surface area contributed by atoms with E-state index in [-0.39, 0.29) is 29.7 Å². The first kappa shape index (κ1) is 35.5. The average Bonchev–Trinajstić information content (AvgIpc) is 3.19. The summed E-state index contributed by atoms with van der Waals surface area (Å²) < 4.78 is 25.0. The number of carbonyl (C=O) groups excluding carboxylic acids is 5. The molecule has 1 aliphatic heterocycles. The number of rotatable bonds is 13. The maximum Gasteiger partial charge on any atom is 0.315 e. The van der Waals surface area contributed by atoms with Gasteiger partial charge in [0.1, 0.15) is 12.1 Å². The Morgan fingerprint density at radius 3 is 2.11 bits per heavy atom. The van der Waals surface area contributed by atoms with Gasteiger partial charge in [-0.05, 0) is 41.9 Å². The number of hydrogen-bond acceptors (Lipinski definition) is 7. The zero-order valence-electron chi connectivity index (χ0n) is 27.2. The molecule has 3 fully saturated rings. The maximum absolute atomic E-state index is 14.2. The van der Waals surface area contributed by atoms with Gasteiger partial charge in [0.2, 0.25) is 27.6 Å². The van der Waals surface area contributed by atoms with Crippen molar-refractivity contribution >= 4 is 39.6 Å². The van der Waals surface area contributed by atoms with Crippen molar-refractivity contribution in [2.24, 2.45) is 34.3 Å². The Hall–Kier alpha value is -3.00. The minimum Gasteiger partial charge on any atom is -0.363 e. The summed E-state index contributed by atoms with van der Waals surface area (Å²) in [6.45, 7) is 15.2. The monoisotopic (exact) mass is 638 g/mol. The normalized spacial score (nSPS) is 24.8. The molecule has 5 N–H and O–H groups in total. The fraction of sp³-hybridized carbons (Fsp3) is 0.767. The van der Waals surface area contributed by atoms with Crippen molar-refractivity contribution in [2.45, 2.75) is 91.4 Å². The van der Waals surface area contributed by atoms with Gasteiger partial charge in [0.05, 0.1) is 18.3 Å². The third-order valence-corrected chi connectivity index (χ3v) is 11.0. The van der Waals surface area contributed by atoms with E-state index in [4.69, 9.17) is 5.73 Å². The number of ketones is 1. The van der Waals surface area contributed by atoms with Gasteiger partial charge in [-0.2, -0.15) is 0 Å². The van der Waals surface area contributed by atoms with Gasteiger partial charge in [-0.15, -0.1) is 0 Å². The van der Waals surface area contributed by atoms with Crippen molar-refractivity contribution in [3.05, 3.63) is 12.2 Å². The average molecular weight is 639 g/mol. The highest BCUT2D eigenvalue weighted by Crippen LogP contribution is 2.65. The Balaban J connectivity index is 1.81. The number of primary amides is 1. The van der Waals surface area contributed by atoms with Crippen molar-refractivity contribution < 1.29 is 32.4 Å². The lowest BCUT2D eigenvalue weighted by Gasteiger charge is -2.38. The molecule has 1 heterocycles. The zero-order valence-corrected chi connectivity index (χ0v) is 28.0. The highest BCUT2D eigenvalue weighted by Gasteiger charge is 2.70. The summed E-state index contributed by atoms with van der Waals surface area (Å²) in [5, 5.41) is 8.24. The molecule has 6 atom stereocenters. The number of carbonyl (C=O) groups is 5. The number of urea groups is 1. The fourth-order valence-corrected chi connectivity index (χ4v) is 6.82. The number of nitrogens with zero attached hydrogens (tertiary/aromatic N) is 2. The van der Waals surface area contributed by atoms with Crippen LogP contribution >= 0.6 is 0 Å². The van der Waals surface area contributed by atoms with Crippen LogP contribution in [0.25, 0.3) is 0 Å². The minimum absolute atomic E-state index is 0.0470. The predicted octanol–water partition coefficient (Wildman–Crippen LogP) is 0.749. The lowest BCUT2D eigenvalue weighted by molar-refractivity contribution is -0.145. The van der Waals surface area contributed by atoms with Crippen molar-refractivity contribution in [2.75, 3.05) is 26.4 Å². The van der Waals surface area contributed by atoms with Crippen LogP contribution in [-0.4, -0.2) is 97.7 Å². The van der Waals surface area contributed by atoms with Crippen molar-refractivity contribution in [1.82, 2.24) is 25.2 Å². The van der Waals surface area contributed by atoms with E-state index in [2.05, 4.69) is 22.5 Å². The Morgan fingerprint density at radius 1 is 1.07 bits per heavy atom. The molecule has 44 heavy (non-hydrogen) atoms. The highest BCUT2D eigenvalue weighted by molar-refractivity contribution is 7.88. The summed E-state index contributed by atoms with van der Waals surface area (Å²) in [6, 6.07) is -4.41. The molecular weight excluding hydrogens is 588 g/mol. The molecule has 3 aliphatic rings. The quantitative estimate of drug-likeness (QED) is 0.169. The largest absolute Gasteiger partial charge is 0.363 e. The van der Waals surface area contributed by atoms with Crippen LogP contribution in [-0.2, 0) is 29.2 Å². The SMILES string of the molecule is C=C(C)[C@@H](CN(C)S(C)(=O)=O)NC(=O)N[C@H](C(=O)N1C[C@H]2[C@@H]([C@H]1C(=O)NC(CC1CCC1)C(=O)C(N)=O)C2(C)C)C(C)(C)C. The topological polar surface area (TPSA) is 188 Å². The second kappa shape index (κ2) is 12.8. The van der Waals surface area contributed by atoms with Gasteiger partial charge in [0.25, 0.3) is 5.91 Å². The summed E-state index contributed by atoms with van der Waals surface area (Å²) in [7, 11) is -2.12. The number of hydrogen-bond donors (Lipinski definition) is 4. The Kier molecular flexibility index (Phi) is 10.3. The van der Waals surface area contributed by atoms with Gasteiger partial charge in [-0.25, -0.2) is 17.5 Å². The zero-order chi connectivity index (χ0) is 33.5. The number of piperidine rings is 1. The molecule has 1 saturated heterocycles. The smallest absolute Gasteiger partial charge is 0.315 e. The standard InChI is InChI=1S/C30H50N6O7S/c1-16(2)20(15-35(8)44(9,42)43)33-28(41)34-24(29(3,4)5)27(40)36-14-18-21(30(18,6)7)22(36)26(39)32-19(23(37)25(31)38)13-17-11-10-12-17/h17-22,24H,1,10-15H2,2-9H3,(H2,31,38)(H,32,39)(H2,33,34,41)/t18-,19?,20+,21-,22-,24+/m0/s1. The van der Waals surface area contributed by atoms with Crippen molar-refractivity contribution in [3.63, 3.8) is 0 Å². The molecule has 0 aromatic heterocycles. The van der Waals surface area contributed by atoms with E-state index in [1.165, 1.54) is 11.9 Å². The molecule has 2 aliphatic carbocycles. The van der Waals surface area contributed by atoms with E-state index < -0.39 is 69.1 Å². The Bertz CT molecular complexity index is 1300. The summed E-state index contributed by atoms with van der Waals surface area (Å²) in [4.78, 5) is 67.1. The molecule has 3 rings (SSSR count). The molecule has 14 heteroatoms. The van der Waals surface area contributed by atoms with Crippen LogP contribution < -0.4 is 21.7 Å². The van der Waals surface area contributed by atoms with Crippen LogP contribution in [0.3, 0.4) is 0 Å². The molecule has 248 valence electrons. The lowest BCUT2D eigenvalue weighted by atomic mass is 9.80. The van der Waals surface area contributed by atoms with Gasteiger partial charge < -0.3 is 26.6 Å². The third kappa shape index (κ3) is 7.79. The number of nitrogens with one attached hydrogen (secondary N) is 3.